The van der Waals surface area contributed by atoms with Crippen molar-refractivity contribution in [2.45, 2.75) is 0 Å². The summed E-state index contributed by atoms with van der Waals surface area (Å²) in [5.74, 6) is 0.547. The molecule has 0 amide bonds. The summed E-state index contributed by atoms with van der Waals surface area (Å²) in [7, 11) is -2.98. The highest BCUT2D eigenvalue weighted by Gasteiger charge is 2.05. The first-order valence-electron chi connectivity index (χ1n) is 7.45. The first-order chi connectivity index (χ1) is 11.4. The van der Waals surface area contributed by atoms with Crippen LogP contribution in [0.4, 0.5) is 11.5 Å². The molecule has 0 aliphatic carbocycles. The number of nitrogens with zero attached hydrogens (tertiary/aromatic N) is 2. The molecule has 0 spiro atoms. The number of benzene rings is 2. The number of aromatic nitrogens is 2. The Morgan fingerprint density at radius 3 is 2.67 bits per heavy atom. The zero-order chi connectivity index (χ0) is 17.2. The summed E-state index contributed by atoms with van der Waals surface area (Å²) >= 11 is 0. The number of nitrogen functional groups attached to an aromatic ring is 1. The van der Waals surface area contributed by atoms with Crippen molar-refractivity contribution < 1.29 is 8.42 Å². The van der Waals surface area contributed by atoms with Crippen LogP contribution in [-0.2, 0) is 9.84 Å². The van der Waals surface area contributed by atoms with Gasteiger partial charge in [0.2, 0.25) is 0 Å². The number of fused-ring (bicyclic) bond motifs is 1. The molecular formula is C17H18N4O2S. The van der Waals surface area contributed by atoms with E-state index in [1.807, 2.05) is 42.5 Å². The molecule has 3 rings (SSSR count). The Hall–Kier alpha value is -2.67. The van der Waals surface area contributed by atoms with Crippen molar-refractivity contribution in [1.29, 1.82) is 0 Å². The van der Waals surface area contributed by atoms with Gasteiger partial charge >= 0.3 is 0 Å². The molecule has 124 valence electrons. The summed E-state index contributed by atoms with van der Waals surface area (Å²) in [5.41, 5.74) is 9.59. The van der Waals surface area contributed by atoms with E-state index in [0.717, 1.165) is 27.7 Å². The fourth-order valence-electron chi connectivity index (χ4n) is 2.45. The maximum atomic E-state index is 11.2. The average Bonchev–Trinajstić information content (AvgIpc) is 2.54. The van der Waals surface area contributed by atoms with E-state index in [4.69, 9.17) is 5.73 Å². The Labute approximate surface area is 140 Å². The third-order valence-electron chi connectivity index (χ3n) is 3.66. The lowest BCUT2D eigenvalue weighted by Crippen LogP contribution is -2.14. The second-order valence-corrected chi connectivity index (χ2v) is 7.89. The molecule has 0 atom stereocenters. The molecule has 7 heteroatoms. The molecule has 0 bridgehead atoms. The molecule has 0 aliphatic rings. The first-order valence-corrected chi connectivity index (χ1v) is 9.51. The average molecular weight is 342 g/mol. The van der Waals surface area contributed by atoms with Gasteiger partial charge in [0, 0.05) is 23.9 Å². The largest absolute Gasteiger partial charge is 0.384 e. The molecule has 24 heavy (non-hydrogen) atoms. The van der Waals surface area contributed by atoms with Gasteiger partial charge in [-0.15, -0.1) is 0 Å². The van der Waals surface area contributed by atoms with Crippen LogP contribution in [-0.4, -0.2) is 36.9 Å². The minimum absolute atomic E-state index is 0.0983. The standard InChI is InChI=1S/C17H18N4O2S/c1-24(22,23)8-7-19-14-4-2-3-12(9-14)13-5-6-16-15(10-13)17(18)21-11-20-16/h2-6,9-11,19H,7-8H2,1H3,(H2,18,20,21). The molecule has 3 N–H and O–H groups in total. The zero-order valence-corrected chi connectivity index (χ0v) is 14.0. The molecule has 6 nitrogen and oxygen atoms in total. The predicted molar refractivity (Wildman–Crippen MR) is 97.6 cm³/mol. The van der Waals surface area contributed by atoms with Crippen LogP contribution < -0.4 is 11.1 Å². The van der Waals surface area contributed by atoms with Gasteiger partial charge in [0.25, 0.3) is 0 Å². The molecule has 1 aromatic heterocycles. The van der Waals surface area contributed by atoms with Crippen LogP contribution in [0.15, 0.2) is 48.8 Å². The first kappa shape index (κ1) is 16.2. The van der Waals surface area contributed by atoms with Crippen molar-refractivity contribution >= 4 is 32.2 Å². The Kier molecular flexibility index (Phi) is 4.35. The van der Waals surface area contributed by atoms with Gasteiger partial charge in [-0.05, 0) is 35.4 Å². The molecule has 2 aromatic carbocycles. The van der Waals surface area contributed by atoms with Crippen molar-refractivity contribution in [2.24, 2.45) is 0 Å². The number of nitrogens with one attached hydrogen (secondary N) is 1. The fourth-order valence-corrected chi connectivity index (χ4v) is 2.92. The van der Waals surface area contributed by atoms with E-state index in [1.54, 1.807) is 0 Å². The summed E-state index contributed by atoms with van der Waals surface area (Å²) in [4.78, 5) is 8.22. The Morgan fingerprint density at radius 2 is 1.88 bits per heavy atom. The lowest BCUT2D eigenvalue weighted by Gasteiger charge is -2.09. The molecule has 0 saturated heterocycles. The van der Waals surface area contributed by atoms with Gasteiger partial charge in [-0.2, -0.15) is 0 Å². The number of anilines is 2. The van der Waals surface area contributed by atoms with Gasteiger partial charge < -0.3 is 11.1 Å². The van der Waals surface area contributed by atoms with E-state index >= 15 is 0 Å². The van der Waals surface area contributed by atoms with E-state index in [9.17, 15) is 8.42 Å². The quantitative estimate of drug-likeness (QED) is 0.738. The Balaban J connectivity index is 1.87. The summed E-state index contributed by atoms with van der Waals surface area (Å²) < 4.78 is 22.4. The molecule has 3 aromatic rings. The number of sulfone groups is 1. The normalized spacial score (nSPS) is 11.5. The monoisotopic (exact) mass is 342 g/mol. The minimum atomic E-state index is -2.98. The highest BCUT2D eigenvalue weighted by atomic mass is 32.2. The molecular weight excluding hydrogens is 324 g/mol. The van der Waals surface area contributed by atoms with E-state index in [0.29, 0.717) is 12.4 Å². The van der Waals surface area contributed by atoms with Crippen LogP contribution in [0.1, 0.15) is 0 Å². The van der Waals surface area contributed by atoms with Gasteiger partial charge in [-0.25, -0.2) is 18.4 Å². The third kappa shape index (κ3) is 3.80. The van der Waals surface area contributed by atoms with Crippen LogP contribution in [0, 0.1) is 0 Å². The van der Waals surface area contributed by atoms with Crippen molar-refractivity contribution in [3.8, 4) is 11.1 Å². The number of rotatable bonds is 5. The summed E-state index contributed by atoms with van der Waals surface area (Å²) in [6.07, 6.45) is 2.68. The van der Waals surface area contributed by atoms with Gasteiger partial charge in [-0.3, -0.25) is 0 Å². The number of hydrogen-bond acceptors (Lipinski definition) is 6. The van der Waals surface area contributed by atoms with Crippen LogP contribution in [0.25, 0.3) is 22.0 Å². The summed E-state index contributed by atoms with van der Waals surface area (Å²) in [5, 5.41) is 3.94. The van der Waals surface area contributed by atoms with E-state index in [-0.39, 0.29) is 5.75 Å². The second kappa shape index (κ2) is 6.45. The Morgan fingerprint density at radius 1 is 1.08 bits per heavy atom. The number of hydrogen-bond donors (Lipinski definition) is 2. The van der Waals surface area contributed by atoms with Crippen LogP contribution in [0.3, 0.4) is 0 Å². The molecule has 0 radical (unpaired) electrons. The predicted octanol–water partition coefficient (Wildman–Crippen LogP) is 2.34. The molecule has 0 unspecified atom stereocenters. The highest BCUT2D eigenvalue weighted by molar-refractivity contribution is 7.90. The Bertz CT molecular complexity index is 987. The van der Waals surface area contributed by atoms with Gasteiger partial charge in [0.05, 0.1) is 11.3 Å². The minimum Gasteiger partial charge on any atom is -0.384 e. The van der Waals surface area contributed by atoms with E-state index in [1.165, 1.54) is 12.6 Å². The van der Waals surface area contributed by atoms with Gasteiger partial charge in [0.15, 0.2) is 0 Å². The smallest absolute Gasteiger partial charge is 0.149 e. The molecule has 1 heterocycles. The number of nitrogens with two attached hydrogens (primary N) is 1. The van der Waals surface area contributed by atoms with Gasteiger partial charge in [-0.1, -0.05) is 18.2 Å². The summed E-state index contributed by atoms with van der Waals surface area (Å²) in [6, 6.07) is 13.6. The van der Waals surface area contributed by atoms with E-state index < -0.39 is 9.84 Å². The topological polar surface area (TPSA) is 98.0 Å². The second-order valence-electron chi connectivity index (χ2n) is 5.63. The van der Waals surface area contributed by atoms with Crippen LogP contribution in [0.2, 0.25) is 0 Å². The van der Waals surface area contributed by atoms with Gasteiger partial charge in [0.1, 0.15) is 22.0 Å². The van der Waals surface area contributed by atoms with Crippen LogP contribution >= 0.6 is 0 Å². The molecule has 0 saturated carbocycles. The van der Waals surface area contributed by atoms with Crippen molar-refractivity contribution in [2.75, 3.05) is 29.6 Å². The summed E-state index contributed by atoms with van der Waals surface area (Å²) in [6.45, 7) is 0.376. The van der Waals surface area contributed by atoms with E-state index in [2.05, 4.69) is 15.3 Å². The molecule has 0 aliphatic heterocycles. The lowest BCUT2D eigenvalue weighted by molar-refractivity contribution is 0.602. The maximum Gasteiger partial charge on any atom is 0.149 e. The SMILES string of the molecule is CS(=O)(=O)CCNc1cccc(-c2ccc3ncnc(N)c3c2)c1. The molecule has 0 fully saturated rings. The lowest BCUT2D eigenvalue weighted by atomic mass is 10.0. The van der Waals surface area contributed by atoms with Crippen molar-refractivity contribution in [3.63, 3.8) is 0 Å². The fraction of sp³-hybridized carbons (Fsp3) is 0.176. The maximum absolute atomic E-state index is 11.2. The van der Waals surface area contributed by atoms with Crippen LogP contribution in [0.5, 0.6) is 0 Å². The highest BCUT2D eigenvalue weighted by Crippen LogP contribution is 2.27. The third-order valence-corrected chi connectivity index (χ3v) is 4.61. The van der Waals surface area contributed by atoms with Crippen molar-refractivity contribution in [1.82, 2.24) is 9.97 Å². The van der Waals surface area contributed by atoms with Crippen molar-refractivity contribution in [3.05, 3.63) is 48.8 Å². The zero-order valence-electron chi connectivity index (χ0n) is 13.2.